The van der Waals surface area contributed by atoms with Crippen LogP contribution >= 0.6 is 11.6 Å². The third-order valence-corrected chi connectivity index (χ3v) is 4.15. The number of halogens is 1. The summed E-state index contributed by atoms with van der Waals surface area (Å²) in [6, 6.07) is 0. The van der Waals surface area contributed by atoms with Crippen molar-refractivity contribution in [3.05, 3.63) is 59.0 Å². The minimum absolute atomic E-state index is 0. The predicted molar refractivity (Wildman–Crippen MR) is 138 cm³/mol. The predicted octanol–water partition coefficient (Wildman–Crippen LogP) is 4.35. The molecule has 0 atom stereocenters. The topological polar surface area (TPSA) is 45.7 Å². The minimum Gasteiger partial charge on any atom is -0.814 e. The fourth-order valence-electron chi connectivity index (χ4n) is 2.33. The van der Waals surface area contributed by atoms with Gasteiger partial charge in [0, 0.05) is 49.0 Å². The Morgan fingerprint density at radius 2 is 1.88 bits per heavy atom. The van der Waals surface area contributed by atoms with Crippen LogP contribution in [0.5, 0.6) is 0 Å². The molecule has 0 amide bonds. The van der Waals surface area contributed by atoms with E-state index in [-0.39, 0.29) is 51.4 Å². The van der Waals surface area contributed by atoms with Crippen LogP contribution in [-0.2, 0) is 16.0 Å². The van der Waals surface area contributed by atoms with Gasteiger partial charge in [-0.05, 0) is 13.8 Å². The monoisotopic (exact) mass is 486 g/mol. The van der Waals surface area contributed by atoms with Gasteiger partial charge in [0.05, 0.1) is 24.5 Å². The molecule has 0 bridgehead atoms. The molecule has 0 fully saturated rings. The first-order chi connectivity index (χ1) is 14.8. The van der Waals surface area contributed by atoms with Gasteiger partial charge in [0.2, 0.25) is 0 Å². The van der Waals surface area contributed by atoms with Gasteiger partial charge < -0.3 is 19.5 Å². The molecule has 0 saturated heterocycles. The van der Waals surface area contributed by atoms with Crippen molar-refractivity contribution in [2.24, 2.45) is 0 Å². The molecule has 0 unspecified atom stereocenters. The zero-order chi connectivity index (χ0) is 24.2. The molecule has 0 aliphatic rings. The molecule has 1 aromatic rings. The van der Waals surface area contributed by atoms with Crippen LogP contribution in [0.1, 0.15) is 70.7 Å². The van der Waals surface area contributed by atoms with E-state index in [1.165, 1.54) is 5.57 Å². The van der Waals surface area contributed by atoms with Crippen molar-refractivity contribution in [2.75, 3.05) is 20.3 Å². The van der Waals surface area contributed by atoms with Crippen LogP contribution in [0, 0.1) is 18.8 Å². The maximum atomic E-state index is 7.75. The third-order valence-electron chi connectivity index (χ3n) is 3.96. The fourth-order valence-corrected chi connectivity index (χ4v) is 2.57. The quantitative estimate of drug-likeness (QED) is 0.123. The largest absolute Gasteiger partial charge is 1.00 e. The summed E-state index contributed by atoms with van der Waals surface area (Å²) in [6.45, 7) is 21.6. The molecule has 0 spiro atoms. The van der Waals surface area contributed by atoms with E-state index in [0.29, 0.717) is 24.7 Å². The summed E-state index contributed by atoms with van der Waals surface area (Å²) in [7, 11) is 1.70. The molecule has 32 heavy (non-hydrogen) atoms. The van der Waals surface area contributed by atoms with Gasteiger partial charge in [-0.3, -0.25) is 0 Å². The Hall–Kier alpha value is -0.584. The first-order valence-electron chi connectivity index (χ1n) is 10.8. The van der Waals surface area contributed by atoms with Crippen LogP contribution in [0.4, 0.5) is 0 Å². The molecule has 0 saturated carbocycles. The molecule has 4 nitrogen and oxygen atoms in total. The zero-order valence-corrected chi connectivity index (χ0v) is 25.4. The second kappa shape index (κ2) is 23.6. The van der Waals surface area contributed by atoms with Crippen LogP contribution in [0.2, 0.25) is 0 Å². The summed E-state index contributed by atoms with van der Waals surface area (Å²) >= 11 is 6.19. The summed E-state index contributed by atoms with van der Waals surface area (Å²) < 4.78 is 12.7. The van der Waals surface area contributed by atoms with Crippen molar-refractivity contribution in [2.45, 2.75) is 67.3 Å². The first-order valence-corrected chi connectivity index (χ1v) is 11.1. The second-order valence-corrected chi connectivity index (χ2v) is 6.88. The van der Waals surface area contributed by atoms with E-state index >= 15 is 0 Å². The minimum atomic E-state index is 0. The fraction of sp³-hybridized carbons (Fsp3) is 0.500. The molecule has 0 aliphatic heterocycles. The number of methoxy groups -OCH3 is 1. The molecule has 174 valence electrons. The van der Waals surface area contributed by atoms with Gasteiger partial charge in [-0.25, -0.2) is 6.21 Å². The van der Waals surface area contributed by atoms with Crippen molar-refractivity contribution >= 4 is 22.8 Å². The number of nitrogens with zero attached hydrogens (tertiary/aromatic N) is 2. The van der Waals surface area contributed by atoms with Crippen molar-refractivity contribution in [1.29, 1.82) is 0 Å². The summed E-state index contributed by atoms with van der Waals surface area (Å²) in [4.78, 5) is 0. The van der Waals surface area contributed by atoms with Crippen LogP contribution in [0.25, 0.3) is 10.4 Å². The first kappa shape index (κ1) is 36.0. The zero-order valence-electron chi connectivity index (χ0n) is 21.5. The van der Waals surface area contributed by atoms with E-state index in [4.69, 9.17) is 26.5 Å². The van der Waals surface area contributed by atoms with E-state index < -0.39 is 0 Å². The summed E-state index contributed by atoms with van der Waals surface area (Å²) in [5.41, 5.74) is 4.04. The van der Waals surface area contributed by atoms with Crippen LogP contribution in [0.3, 0.4) is 0 Å². The third kappa shape index (κ3) is 16.1. The maximum Gasteiger partial charge on any atom is 1.00 e. The smallest absolute Gasteiger partial charge is 0.814 e. The average Bonchev–Trinajstić information content (AvgIpc) is 3.08. The van der Waals surface area contributed by atoms with Crippen LogP contribution in [-0.4, -0.2) is 31.1 Å². The van der Waals surface area contributed by atoms with Crippen molar-refractivity contribution in [3.8, 4) is 11.8 Å². The molecule has 0 radical (unpaired) electrons. The molecule has 0 aromatic carbocycles. The number of allylic oxidation sites excluding steroid dienone is 2. The summed E-state index contributed by atoms with van der Waals surface area (Å²) in [5.74, 6) is 7.12. The van der Waals surface area contributed by atoms with Gasteiger partial charge in [0.25, 0.3) is 0 Å². The van der Waals surface area contributed by atoms with Crippen LogP contribution < -0.4 is 51.4 Å². The number of aromatic nitrogens is 1. The van der Waals surface area contributed by atoms with Crippen molar-refractivity contribution in [1.82, 2.24) is 4.57 Å². The van der Waals surface area contributed by atoms with Gasteiger partial charge in [-0.15, -0.1) is 0 Å². The molecular weight excluding hydrogens is 447 g/mol. The number of ether oxygens (including phenoxy) is 2. The van der Waals surface area contributed by atoms with E-state index in [1.54, 1.807) is 7.11 Å². The summed E-state index contributed by atoms with van der Waals surface area (Å²) in [5, 5.41) is 8.26. The molecule has 1 rings (SSSR count). The molecular formula is C26H40ClKN2O2. The van der Waals surface area contributed by atoms with Gasteiger partial charge >= 0.3 is 51.4 Å². The molecule has 1 heterocycles. The van der Waals surface area contributed by atoms with Gasteiger partial charge in [0.1, 0.15) is 0 Å². The van der Waals surface area contributed by atoms with Crippen LogP contribution in [0.15, 0.2) is 36.8 Å². The van der Waals surface area contributed by atoms with Gasteiger partial charge in [-0.1, -0.05) is 82.4 Å². The second-order valence-electron chi connectivity index (χ2n) is 6.43. The summed E-state index contributed by atoms with van der Waals surface area (Å²) in [6.07, 6.45) is 7.50. The SMILES string of the molecule is C=C(CC)OCCC#Cc1cn(C/C=C(\C)COC)c(C)c1C(=C)Cl.CC.CCC=[N-].[K+]. The Kier molecular flexibility index (Phi) is 26.5. The Morgan fingerprint density at radius 1 is 1.28 bits per heavy atom. The molecule has 0 aliphatic carbocycles. The number of hydrogen-bond donors (Lipinski definition) is 0. The molecule has 6 heteroatoms. The Labute approximate surface area is 244 Å². The van der Waals surface area contributed by atoms with E-state index in [0.717, 1.165) is 48.2 Å². The normalized spacial score (nSPS) is 9.56. The number of hydrogen-bond acceptors (Lipinski definition) is 2. The number of rotatable bonds is 10. The molecule has 1 aromatic heterocycles. The van der Waals surface area contributed by atoms with Crippen molar-refractivity contribution in [3.63, 3.8) is 0 Å². The van der Waals surface area contributed by atoms with Crippen molar-refractivity contribution < 1.29 is 60.9 Å². The van der Waals surface area contributed by atoms with Gasteiger partial charge in [-0.2, -0.15) is 0 Å². The Morgan fingerprint density at radius 3 is 2.34 bits per heavy atom. The van der Waals surface area contributed by atoms with E-state index in [1.807, 2.05) is 40.8 Å². The Bertz CT molecular complexity index is 771. The van der Waals surface area contributed by atoms with Gasteiger partial charge in [0.15, 0.2) is 0 Å². The Balaban J connectivity index is -0.00000108. The maximum absolute atomic E-state index is 7.75. The molecule has 0 N–H and O–H groups in total. The van der Waals surface area contributed by atoms with E-state index in [9.17, 15) is 0 Å². The standard InChI is InChI=1S/C21H28ClNO2.C3H6N.C2H6.K/c1-7-17(3)25-13-9-8-10-20-14-23(12-11-16(2)15-24-6)19(5)21(20)18(4)22;1-2-3-4;1-2;/h11,14H,3-4,7,9,12-13,15H2,1-2,5-6H3;3H,2H2,1H3;1-2H3;/q;-1;;+1/b16-11+;;;. The average molecular weight is 487 g/mol. The van der Waals surface area contributed by atoms with E-state index in [2.05, 4.69) is 42.6 Å².